The van der Waals surface area contributed by atoms with Crippen LogP contribution in [-0.4, -0.2) is 61.2 Å². The van der Waals surface area contributed by atoms with Crippen LogP contribution in [-0.2, 0) is 6.54 Å². The van der Waals surface area contributed by atoms with Crippen molar-refractivity contribution in [3.8, 4) is 5.69 Å². The molecule has 1 aromatic heterocycles. The molecule has 0 N–H and O–H groups in total. The zero-order chi connectivity index (χ0) is 27.7. The number of hydrogen-bond donors (Lipinski definition) is 0. The minimum absolute atomic E-state index is 0.113. The number of aromatic nitrogens is 3. The summed E-state index contributed by atoms with van der Waals surface area (Å²) in [6.45, 7) is 4.31. The van der Waals surface area contributed by atoms with Gasteiger partial charge in [-0.05, 0) is 44.2 Å². The van der Waals surface area contributed by atoms with Gasteiger partial charge in [0.25, 0.3) is 17.7 Å². The zero-order valence-corrected chi connectivity index (χ0v) is 22.1. The number of carbonyl (C=O) groups is 4. The average molecular weight is 542 g/mol. The molecule has 196 valence electrons. The first-order valence-electron chi connectivity index (χ1n) is 12.4. The van der Waals surface area contributed by atoms with Crippen LogP contribution in [0.2, 0.25) is 5.02 Å². The van der Waals surface area contributed by atoms with Crippen LogP contribution < -0.4 is 0 Å². The third kappa shape index (κ3) is 4.72. The Morgan fingerprint density at radius 1 is 0.872 bits per heavy atom. The summed E-state index contributed by atoms with van der Waals surface area (Å²) < 4.78 is 1.34. The molecule has 5 rings (SSSR count). The number of rotatable bonds is 8. The molecular formula is C29H24ClN5O4. The molecule has 3 aromatic carbocycles. The van der Waals surface area contributed by atoms with Crippen molar-refractivity contribution < 1.29 is 19.2 Å². The molecule has 0 saturated carbocycles. The van der Waals surface area contributed by atoms with Gasteiger partial charge in [0.2, 0.25) is 5.82 Å². The van der Waals surface area contributed by atoms with E-state index in [0.29, 0.717) is 40.5 Å². The number of fused-ring (bicyclic) bond motifs is 1. The SMILES string of the molecule is CCN(CC)C(=O)c1nc(CN2C(=O)c3ccccc3C2=O)n(-c2ccc(Cl)cc2C(=O)c2ccccc2)n1. The fourth-order valence-corrected chi connectivity index (χ4v) is 4.70. The summed E-state index contributed by atoms with van der Waals surface area (Å²) in [6, 6.07) is 19.9. The van der Waals surface area contributed by atoms with E-state index >= 15 is 0 Å². The van der Waals surface area contributed by atoms with Crippen molar-refractivity contribution in [3.05, 3.63) is 112 Å². The van der Waals surface area contributed by atoms with Crippen LogP contribution in [0.3, 0.4) is 0 Å². The number of halogens is 1. The lowest BCUT2D eigenvalue weighted by atomic mass is 10.0. The molecule has 0 fully saturated rings. The highest BCUT2D eigenvalue weighted by molar-refractivity contribution is 6.31. The lowest BCUT2D eigenvalue weighted by molar-refractivity contribution is 0.0636. The molecule has 39 heavy (non-hydrogen) atoms. The monoisotopic (exact) mass is 541 g/mol. The minimum Gasteiger partial charge on any atom is -0.336 e. The Morgan fingerprint density at radius 2 is 1.49 bits per heavy atom. The molecule has 4 aromatic rings. The maximum absolute atomic E-state index is 13.5. The Morgan fingerprint density at radius 3 is 2.10 bits per heavy atom. The van der Waals surface area contributed by atoms with E-state index in [4.69, 9.17) is 11.6 Å². The summed E-state index contributed by atoms with van der Waals surface area (Å²) in [5.41, 5.74) is 1.55. The van der Waals surface area contributed by atoms with E-state index < -0.39 is 17.7 Å². The van der Waals surface area contributed by atoms with Crippen molar-refractivity contribution >= 4 is 35.1 Å². The van der Waals surface area contributed by atoms with Gasteiger partial charge in [0.1, 0.15) is 0 Å². The first-order valence-corrected chi connectivity index (χ1v) is 12.8. The third-order valence-electron chi connectivity index (χ3n) is 6.56. The molecule has 1 aliphatic heterocycles. The number of amides is 3. The van der Waals surface area contributed by atoms with E-state index in [-0.39, 0.29) is 29.5 Å². The summed E-state index contributed by atoms with van der Waals surface area (Å²) >= 11 is 6.28. The number of hydrogen-bond acceptors (Lipinski definition) is 6. The molecule has 0 bridgehead atoms. The minimum atomic E-state index is -0.474. The fraction of sp³-hybridized carbons (Fsp3) is 0.172. The molecule has 2 heterocycles. The molecule has 0 spiro atoms. The van der Waals surface area contributed by atoms with Crippen molar-refractivity contribution in [1.82, 2.24) is 24.6 Å². The quantitative estimate of drug-likeness (QED) is 0.241. The van der Waals surface area contributed by atoms with Gasteiger partial charge in [0.15, 0.2) is 11.6 Å². The van der Waals surface area contributed by atoms with Crippen molar-refractivity contribution in [1.29, 1.82) is 0 Å². The third-order valence-corrected chi connectivity index (χ3v) is 6.80. The van der Waals surface area contributed by atoms with Crippen LogP contribution in [0.5, 0.6) is 0 Å². The number of carbonyl (C=O) groups excluding carboxylic acids is 4. The van der Waals surface area contributed by atoms with Gasteiger partial charge in [-0.15, -0.1) is 5.10 Å². The van der Waals surface area contributed by atoms with Crippen LogP contribution in [0.4, 0.5) is 0 Å². The van der Waals surface area contributed by atoms with E-state index in [2.05, 4.69) is 10.1 Å². The highest BCUT2D eigenvalue weighted by Crippen LogP contribution is 2.27. The normalized spacial score (nSPS) is 12.5. The molecule has 0 saturated heterocycles. The maximum Gasteiger partial charge on any atom is 0.293 e. The van der Waals surface area contributed by atoms with E-state index in [1.54, 1.807) is 71.6 Å². The lowest BCUT2D eigenvalue weighted by Crippen LogP contribution is -2.31. The van der Waals surface area contributed by atoms with E-state index in [1.165, 1.54) is 10.7 Å². The molecule has 1 aliphatic rings. The summed E-state index contributed by atoms with van der Waals surface area (Å²) in [5.74, 6) is -1.64. The van der Waals surface area contributed by atoms with Gasteiger partial charge < -0.3 is 4.90 Å². The van der Waals surface area contributed by atoms with Crippen molar-refractivity contribution in [3.63, 3.8) is 0 Å². The molecule has 3 amide bonds. The highest BCUT2D eigenvalue weighted by atomic mass is 35.5. The molecular weight excluding hydrogens is 518 g/mol. The molecule has 9 nitrogen and oxygen atoms in total. The summed E-state index contributed by atoms with van der Waals surface area (Å²) in [6.07, 6.45) is 0. The van der Waals surface area contributed by atoms with Gasteiger partial charge in [-0.2, -0.15) is 0 Å². The van der Waals surface area contributed by atoms with Crippen molar-refractivity contribution in [2.75, 3.05) is 13.1 Å². The van der Waals surface area contributed by atoms with Crippen molar-refractivity contribution in [2.24, 2.45) is 0 Å². The average Bonchev–Trinajstić information content (AvgIpc) is 3.49. The largest absolute Gasteiger partial charge is 0.336 e. The van der Waals surface area contributed by atoms with Gasteiger partial charge >= 0.3 is 0 Å². The fourth-order valence-electron chi connectivity index (χ4n) is 4.53. The molecule has 10 heteroatoms. The second-order valence-electron chi connectivity index (χ2n) is 8.84. The van der Waals surface area contributed by atoms with E-state index in [1.807, 2.05) is 13.8 Å². The Balaban J connectivity index is 1.63. The van der Waals surface area contributed by atoms with Crippen LogP contribution in [0.15, 0.2) is 72.8 Å². The van der Waals surface area contributed by atoms with Crippen LogP contribution in [0, 0.1) is 0 Å². The molecule has 0 aliphatic carbocycles. The van der Waals surface area contributed by atoms with Crippen LogP contribution in [0.1, 0.15) is 66.9 Å². The van der Waals surface area contributed by atoms with Gasteiger partial charge in [-0.25, -0.2) is 9.67 Å². The number of benzene rings is 3. The second kappa shape index (κ2) is 10.6. The number of imide groups is 1. The number of nitrogens with zero attached hydrogens (tertiary/aromatic N) is 5. The highest BCUT2D eigenvalue weighted by Gasteiger charge is 2.37. The maximum atomic E-state index is 13.5. The van der Waals surface area contributed by atoms with Crippen LogP contribution >= 0.6 is 11.6 Å². The predicted octanol–water partition coefficient (Wildman–Crippen LogP) is 4.43. The van der Waals surface area contributed by atoms with E-state index in [0.717, 1.165) is 4.90 Å². The molecule has 0 atom stereocenters. The Bertz CT molecular complexity index is 1580. The molecule has 0 unspecified atom stereocenters. The van der Waals surface area contributed by atoms with Crippen molar-refractivity contribution in [2.45, 2.75) is 20.4 Å². The Labute approximate surface area is 229 Å². The summed E-state index contributed by atoms with van der Waals surface area (Å²) in [4.78, 5) is 60.0. The predicted molar refractivity (Wildman–Crippen MR) is 144 cm³/mol. The van der Waals surface area contributed by atoms with Gasteiger partial charge in [-0.1, -0.05) is 54.1 Å². The smallest absolute Gasteiger partial charge is 0.293 e. The number of ketones is 1. The first kappa shape index (κ1) is 26.0. The van der Waals surface area contributed by atoms with Gasteiger partial charge in [0.05, 0.1) is 23.4 Å². The standard InChI is InChI=1S/C29H24ClN5O4/c1-3-33(4-2)29(39)26-31-24(17-34-27(37)20-12-8-9-13-21(20)28(34)38)35(32-26)23-15-14-19(30)16-22(23)25(36)18-10-6-5-7-11-18/h5-16H,3-4,17H2,1-2H3. The lowest BCUT2D eigenvalue weighted by Gasteiger charge is -2.16. The van der Waals surface area contributed by atoms with Gasteiger partial charge in [-0.3, -0.25) is 24.1 Å². The second-order valence-corrected chi connectivity index (χ2v) is 9.28. The Kier molecular flexibility index (Phi) is 7.08. The van der Waals surface area contributed by atoms with Crippen LogP contribution in [0.25, 0.3) is 5.69 Å². The molecule has 0 radical (unpaired) electrons. The topological polar surface area (TPSA) is 105 Å². The first-order chi connectivity index (χ1) is 18.8. The zero-order valence-electron chi connectivity index (χ0n) is 21.3. The summed E-state index contributed by atoms with van der Waals surface area (Å²) in [5, 5.41) is 4.81. The van der Waals surface area contributed by atoms with E-state index in [9.17, 15) is 19.2 Å². The van der Waals surface area contributed by atoms with Gasteiger partial charge in [0, 0.05) is 29.2 Å². The Hall–Kier alpha value is -4.63. The summed E-state index contributed by atoms with van der Waals surface area (Å²) in [7, 11) is 0.